The standard InChI is InChI=1S/C3H4O3.K.H/c1-2(4)3(5)6;;/h1H3,(H,5,6);;. The number of ketones is 1. The van der Waals surface area contributed by atoms with Gasteiger partial charge in [-0.25, -0.2) is 4.79 Å². The quantitative estimate of drug-likeness (QED) is 0.364. The number of carboxylic acids is 1. The summed E-state index contributed by atoms with van der Waals surface area (Å²) in [5.41, 5.74) is 0. The van der Waals surface area contributed by atoms with E-state index in [1.165, 1.54) is 0 Å². The third-order valence-electron chi connectivity index (χ3n) is 0.301. The Labute approximate surface area is 83.5 Å². The first-order valence-corrected chi connectivity index (χ1v) is 1.38. The SMILES string of the molecule is CC(=O)C(=O)O.[KH]. The molecule has 0 radical (unpaired) electrons. The van der Waals surface area contributed by atoms with Gasteiger partial charge in [-0.05, 0) is 0 Å². The first kappa shape index (κ1) is 10.7. The van der Waals surface area contributed by atoms with Crippen LogP contribution >= 0.6 is 0 Å². The first-order valence-electron chi connectivity index (χ1n) is 1.38. The summed E-state index contributed by atoms with van der Waals surface area (Å²) in [7, 11) is 0. The average molecular weight is 128 g/mol. The molecule has 0 aromatic carbocycles. The van der Waals surface area contributed by atoms with Gasteiger partial charge in [-0.2, -0.15) is 0 Å². The van der Waals surface area contributed by atoms with Crippen LogP contribution in [0, 0.1) is 0 Å². The van der Waals surface area contributed by atoms with E-state index in [0.29, 0.717) is 0 Å². The molecule has 0 bridgehead atoms. The molecule has 3 nitrogen and oxygen atoms in total. The van der Waals surface area contributed by atoms with Crippen molar-refractivity contribution in [2.24, 2.45) is 0 Å². The Morgan fingerprint density at radius 3 is 1.57 bits per heavy atom. The molecule has 0 aromatic heterocycles. The van der Waals surface area contributed by atoms with Gasteiger partial charge in [0.05, 0.1) is 0 Å². The minimum absolute atomic E-state index is 0. The molecule has 1 N–H and O–H groups in total. The van der Waals surface area contributed by atoms with Gasteiger partial charge in [-0.3, -0.25) is 4.79 Å². The molecule has 0 aliphatic rings. The van der Waals surface area contributed by atoms with E-state index in [2.05, 4.69) is 0 Å². The van der Waals surface area contributed by atoms with Crippen LogP contribution < -0.4 is 0 Å². The van der Waals surface area contributed by atoms with Crippen LogP contribution in [0.2, 0.25) is 0 Å². The van der Waals surface area contributed by atoms with Gasteiger partial charge in [0.2, 0.25) is 5.78 Å². The van der Waals surface area contributed by atoms with Crippen molar-refractivity contribution in [1.29, 1.82) is 0 Å². The van der Waals surface area contributed by atoms with Crippen LogP contribution in [0.3, 0.4) is 0 Å². The molecule has 0 saturated heterocycles. The van der Waals surface area contributed by atoms with Gasteiger partial charge in [-0.1, -0.05) is 0 Å². The Morgan fingerprint density at radius 2 is 1.57 bits per heavy atom. The zero-order valence-electron chi connectivity index (χ0n) is 3.26. The molecule has 0 rings (SSSR count). The number of carboxylic acid groups (broad SMARTS) is 1. The number of hydrogen-bond acceptors (Lipinski definition) is 2. The van der Waals surface area contributed by atoms with E-state index in [4.69, 9.17) is 5.11 Å². The number of rotatable bonds is 1. The molecule has 0 atom stereocenters. The molecule has 0 aliphatic heterocycles. The fourth-order valence-corrected chi connectivity index (χ4v) is 0. The maximum absolute atomic E-state index is 9.54. The van der Waals surface area contributed by atoms with Crippen LogP contribution in [0.25, 0.3) is 0 Å². The van der Waals surface area contributed by atoms with E-state index in [9.17, 15) is 9.59 Å². The van der Waals surface area contributed by atoms with Crippen molar-refractivity contribution in [1.82, 2.24) is 0 Å². The Hall–Kier alpha value is 0.776. The first-order chi connectivity index (χ1) is 2.64. The summed E-state index contributed by atoms with van der Waals surface area (Å²) in [4.78, 5) is 18.9. The van der Waals surface area contributed by atoms with E-state index in [0.717, 1.165) is 6.92 Å². The number of hydrogen-bond donors (Lipinski definition) is 1. The number of carbonyl (C=O) groups is 2. The molecule has 0 heterocycles. The van der Waals surface area contributed by atoms with Crippen LogP contribution in [0.5, 0.6) is 0 Å². The summed E-state index contributed by atoms with van der Waals surface area (Å²) in [5.74, 6) is -2.20. The van der Waals surface area contributed by atoms with Gasteiger partial charge in [0.15, 0.2) is 0 Å². The third-order valence-corrected chi connectivity index (χ3v) is 0.301. The zero-order valence-corrected chi connectivity index (χ0v) is 3.26. The second-order valence-corrected chi connectivity index (χ2v) is 0.861. The van der Waals surface area contributed by atoms with E-state index in [1.54, 1.807) is 0 Å². The molecular formula is C3H5KO3. The molecule has 4 heteroatoms. The molecule has 0 amide bonds. The Kier molecular flexibility index (Phi) is 7.53. The van der Waals surface area contributed by atoms with E-state index < -0.39 is 11.8 Å². The van der Waals surface area contributed by atoms with Gasteiger partial charge in [0.25, 0.3) is 0 Å². The average Bonchev–Trinajstić information content (AvgIpc) is 1.36. The van der Waals surface area contributed by atoms with Crippen LogP contribution in [-0.2, 0) is 9.59 Å². The van der Waals surface area contributed by atoms with Crippen molar-refractivity contribution < 1.29 is 14.7 Å². The van der Waals surface area contributed by atoms with E-state index in [1.807, 2.05) is 0 Å². The van der Waals surface area contributed by atoms with Gasteiger partial charge >= 0.3 is 57.4 Å². The van der Waals surface area contributed by atoms with Crippen molar-refractivity contribution in [3.63, 3.8) is 0 Å². The summed E-state index contributed by atoms with van der Waals surface area (Å²) in [5, 5.41) is 7.64. The molecule has 0 spiro atoms. The molecular weight excluding hydrogens is 123 g/mol. The molecule has 0 saturated carbocycles. The van der Waals surface area contributed by atoms with Gasteiger partial charge in [0.1, 0.15) is 0 Å². The van der Waals surface area contributed by atoms with Gasteiger partial charge in [-0.15, -0.1) is 0 Å². The fourth-order valence-electron chi connectivity index (χ4n) is 0. The fraction of sp³-hybridized carbons (Fsp3) is 0.333. The Morgan fingerprint density at radius 1 is 1.43 bits per heavy atom. The topological polar surface area (TPSA) is 54.4 Å². The summed E-state index contributed by atoms with van der Waals surface area (Å²) in [6.07, 6.45) is 0. The molecule has 0 aromatic rings. The zero-order chi connectivity index (χ0) is 5.15. The van der Waals surface area contributed by atoms with Crippen molar-refractivity contribution >= 4 is 63.1 Å². The Balaban J connectivity index is 0. The number of Topliss-reactive ketones (excluding diaryl/α,β-unsaturated/α-hetero) is 1. The maximum atomic E-state index is 9.54. The summed E-state index contributed by atoms with van der Waals surface area (Å²) in [6.45, 7) is 1.00. The second-order valence-electron chi connectivity index (χ2n) is 0.861. The molecule has 0 unspecified atom stereocenters. The van der Waals surface area contributed by atoms with Crippen molar-refractivity contribution in [2.45, 2.75) is 6.92 Å². The second kappa shape index (κ2) is 4.92. The Bertz CT molecular complexity index is 76.2. The van der Waals surface area contributed by atoms with E-state index in [-0.39, 0.29) is 51.4 Å². The van der Waals surface area contributed by atoms with Crippen LogP contribution in [0.15, 0.2) is 0 Å². The van der Waals surface area contributed by atoms with Crippen LogP contribution in [-0.4, -0.2) is 68.2 Å². The predicted octanol–water partition coefficient (Wildman–Crippen LogP) is -0.989. The van der Waals surface area contributed by atoms with Crippen molar-refractivity contribution in [3.8, 4) is 0 Å². The summed E-state index contributed by atoms with van der Waals surface area (Å²) < 4.78 is 0. The van der Waals surface area contributed by atoms with Crippen molar-refractivity contribution in [2.75, 3.05) is 0 Å². The third kappa shape index (κ3) is 6.78. The normalized spacial score (nSPS) is 6.43. The van der Waals surface area contributed by atoms with Crippen molar-refractivity contribution in [3.05, 3.63) is 0 Å². The number of aliphatic carboxylic acids is 1. The molecule has 7 heavy (non-hydrogen) atoms. The molecule has 36 valence electrons. The van der Waals surface area contributed by atoms with Gasteiger partial charge < -0.3 is 5.11 Å². The number of carbonyl (C=O) groups excluding carboxylic acids is 1. The molecule has 0 aliphatic carbocycles. The van der Waals surface area contributed by atoms with Crippen LogP contribution in [0.4, 0.5) is 0 Å². The monoisotopic (exact) mass is 128 g/mol. The predicted molar refractivity (Wildman–Crippen MR) is 25.5 cm³/mol. The van der Waals surface area contributed by atoms with Gasteiger partial charge in [0, 0.05) is 6.92 Å². The minimum atomic E-state index is -1.38. The van der Waals surface area contributed by atoms with E-state index >= 15 is 0 Å². The summed E-state index contributed by atoms with van der Waals surface area (Å²) in [6, 6.07) is 0. The summed E-state index contributed by atoms with van der Waals surface area (Å²) >= 11 is 0. The molecule has 0 fully saturated rings. The van der Waals surface area contributed by atoms with Crippen LogP contribution in [0.1, 0.15) is 6.92 Å².